The van der Waals surface area contributed by atoms with E-state index in [0.29, 0.717) is 0 Å². The lowest BCUT2D eigenvalue weighted by atomic mass is 9.72. The molecule has 0 radical (unpaired) electrons. The van der Waals surface area contributed by atoms with Crippen LogP contribution in [0.5, 0.6) is 0 Å². The molecule has 1 aliphatic heterocycles. The van der Waals surface area contributed by atoms with Gasteiger partial charge in [-0.2, -0.15) is 0 Å². The first kappa shape index (κ1) is 19.1. The summed E-state index contributed by atoms with van der Waals surface area (Å²) >= 11 is 0. The van der Waals surface area contributed by atoms with E-state index >= 15 is 0 Å². The molecule has 27 heavy (non-hydrogen) atoms. The lowest BCUT2D eigenvalue weighted by molar-refractivity contribution is 0.0174. The molecule has 0 bridgehead atoms. The number of halogens is 2. The summed E-state index contributed by atoms with van der Waals surface area (Å²) in [6, 6.07) is 14.6. The first-order chi connectivity index (χ1) is 12.5. The van der Waals surface area contributed by atoms with Crippen LogP contribution in [0, 0.1) is 12.3 Å². The predicted molar refractivity (Wildman–Crippen MR) is 105 cm³/mol. The fourth-order valence-electron chi connectivity index (χ4n) is 3.71. The molecule has 2 N–H and O–H groups in total. The molecule has 142 valence electrons. The van der Waals surface area contributed by atoms with Crippen molar-refractivity contribution in [1.82, 2.24) is 10.2 Å². The fraction of sp³-hybridized carbons (Fsp3) is 0.318. The minimum Gasteiger partial charge on any atom is -0.346 e. The van der Waals surface area contributed by atoms with Crippen molar-refractivity contribution in [3.8, 4) is 0 Å². The van der Waals surface area contributed by atoms with Crippen molar-refractivity contribution in [3.63, 3.8) is 0 Å². The summed E-state index contributed by atoms with van der Waals surface area (Å²) in [5.74, 6) is -2.82. The minimum absolute atomic E-state index is 0.0150. The summed E-state index contributed by atoms with van der Waals surface area (Å²) in [4.78, 5) is 1.70. The van der Waals surface area contributed by atoms with Crippen molar-refractivity contribution in [2.24, 2.45) is 0 Å². The van der Waals surface area contributed by atoms with Gasteiger partial charge in [0.25, 0.3) is 5.92 Å². The first-order valence-corrected chi connectivity index (χ1v) is 8.88. The van der Waals surface area contributed by atoms with Crippen molar-refractivity contribution < 1.29 is 8.78 Å². The van der Waals surface area contributed by atoms with Crippen LogP contribution in [-0.2, 0) is 11.5 Å². The Labute approximate surface area is 159 Å². The number of alkyl halides is 2. The maximum absolute atomic E-state index is 13.6. The summed E-state index contributed by atoms with van der Waals surface area (Å²) < 4.78 is 27.2. The Bertz CT molecular complexity index is 866. The van der Waals surface area contributed by atoms with Gasteiger partial charge in [0.15, 0.2) is 5.96 Å². The van der Waals surface area contributed by atoms with E-state index in [-0.39, 0.29) is 17.4 Å². The van der Waals surface area contributed by atoms with Gasteiger partial charge in [0.05, 0.1) is 11.5 Å². The summed E-state index contributed by atoms with van der Waals surface area (Å²) in [6.45, 7) is 9.16. The van der Waals surface area contributed by atoms with Crippen molar-refractivity contribution in [2.75, 3.05) is 7.05 Å². The normalized spacial score (nSPS) is 23.3. The van der Waals surface area contributed by atoms with Gasteiger partial charge in [0.1, 0.15) is 0 Å². The summed E-state index contributed by atoms with van der Waals surface area (Å²) in [5, 5.41) is 11.6. The van der Waals surface area contributed by atoms with Gasteiger partial charge in [0.2, 0.25) is 0 Å². The SMILES string of the molecule is C=C1[C@@H](c2ccc(C(C)(F)F)cc2)[C@@](C)(c2ccc(C)cc2)NC(=N)N1C. The van der Waals surface area contributed by atoms with E-state index < -0.39 is 11.5 Å². The molecule has 0 spiro atoms. The number of nitrogens with zero attached hydrogens (tertiary/aromatic N) is 1. The highest BCUT2D eigenvalue weighted by molar-refractivity contribution is 5.81. The highest BCUT2D eigenvalue weighted by Gasteiger charge is 2.45. The summed E-state index contributed by atoms with van der Waals surface area (Å²) in [7, 11) is 1.79. The molecule has 1 aliphatic rings. The Morgan fingerprint density at radius 1 is 1.11 bits per heavy atom. The van der Waals surface area contributed by atoms with Crippen molar-refractivity contribution in [2.45, 2.75) is 38.2 Å². The molecule has 1 saturated heterocycles. The van der Waals surface area contributed by atoms with Gasteiger partial charge in [-0.05, 0) is 25.0 Å². The second-order valence-corrected chi connectivity index (χ2v) is 7.54. The smallest absolute Gasteiger partial charge is 0.270 e. The quantitative estimate of drug-likeness (QED) is 0.791. The fourth-order valence-corrected chi connectivity index (χ4v) is 3.71. The predicted octanol–water partition coefficient (Wildman–Crippen LogP) is 5.09. The number of hydrogen-bond donors (Lipinski definition) is 2. The van der Waals surface area contributed by atoms with Crippen molar-refractivity contribution >= 4 is 5.96 Å². The van der Waals surface area contributed by atoms with Crippen LogP contribution in [0.15, 0.2) is 60.8 Å². The molecule has 2 aromatic rings. The van der Waals surface area contributed by atoms with E-state index in [1.165, 1.54) is 12.1 Å². The van der Waals surface area contributed by atoms with E-state index in [0.717, 1.165) is 29.3 Å². The molecular formula is C22H25F2N3. The molecule has 0 aliphatic carbocycles. The molecule has 0 aromatic heterocycles. The molecule has 3 nitrogen and oxygen atoms in total. The Hall–Kier alpha value is -2.69. The number of nitrogens with one attached hydrogen (secondary N) is 2. The van der Waals surface area contributed by atoms with Gasteiger partial charge in [-0.15, -0.1) is 0 Å². The van der Waals surface area contributed by atoms with E-state index in [1.807, 2.05) is 38.1 Å². The summed E-state index contributed by atoms with van der Waals surface area (Å²) in [6.07, 6.45) is 0. The molecular weight excluding hydrogens is 344 g/mol. The average molecular weight is 369 g/mol. The van der Waals surface area contributed by atoms with Gasteiger partial charge in [-0.3, -0.25) is 5.41 Å². The van der Waals surface area contributed by atoms with Gasteiger partial charge < -0.3 is 10.2 Å². The number of rotatable bonds is 3. The van der Waals surface area contributed by atoms with Gasteiger partial charge in [-0.1, -0.05) is 60.7 Å². The highest BCUT2D eigenvalue weighted by Crippen LogP contribution is 2.45. The maximum Gasteiger partial charge on any atom is 0.270 e. The molecule has 0 amide bonds. The Morgan fingerprint density at radius 3 is 2.19 bits per heavy atom. The van der Waals surface area contributed by atoms with Crippen LogP contribution in [0.3, 0.4) is 0 Å². The van der Waals surface area contributed by atoms with Gasteiger partial charge in [-0.25, -0.2) is 8.78 Å². The molecule has 0 unspecified atom stereocenters. The van der Waals surface area contributed by atoms with Crippen molar-refractivity contribution in [1.29, 1.82) is 5.41 Å². The Balaban J connectivity index is 2.11. The van der Waals surface area contributed by atoms with Gasteiger partial charge in [0, 0.05) is 25.2 Å². The minimum atomic E-state index is -2.88. The third-order valence-corrected chi connectivity index (χ3v) is 5.46. The zero-order valence-corrected chi connectivity index (χ0v) is 16.1. The van der Waals surface area contributed by atoms with Crippen LogP contribution >= 0.6 is 0 Å². The highest BCUT2D eigenvalue weighted by atomic mass is 19.3. The van der Waals surface area contributed by atoms with E-state index in [9.17, 15) is 8.78 Å². The lowest BCUT2D eigenvalue weighted by Gasteiger charge is -2.48. The average Bonchev–Trinajstić information content (AvgIpc) is 2.60. The molecule has 1 heterocycles. The number of benzene rings is 2. The molecule has 1 fully saturated rings. The Kier molecular flexibility index (Phi) is 4.58. The van der Waals surface area contributed by atoms with Crippen LogP contribution in [0.4, 0.5) is 8.78 Å². The monoisotopic (exact) mass is 369 g/mol. The first-order valence-electron chi connectivity index (χ1n) is 8.88. The van der Waals surface area contributed by atoms with E-state index in [1.54, 1.807) is 24.1 Å². The van der Waals surface area contributed by atoms with E-state index in [4.69, 9.17) is 5.41 Å². The van der Waals surface area contributed by atoms with Crippen LogP contribution in [0.25, 0.3) is 0 Å². The number of likely N-dealkylation sites (N-methyl/N-ethyl adjacent to an activating group) is 1. The number of guanidine groups is 1. The second kappa shape index (κ2) is 6.48. The third kappa shape index (κ3) is 3.34. The van der Waals surface area contributed by atoms with Crippen LogP contribution in [0.1, 0.15) is 42.0 Å². The van der Waals surface area contributed by atoms with E-state index in [2.05, 4.69) is 11.9 Å². The van der Waals surface area contributed by atoms with Crippen LogP contribution in [-0.4, -0.2) is 17.9 Å². The second-order valence-electron chi connectivity index (χ2n) is 7.54. The standard InChI is InChI=1S/C22H25F2N3/c1-14-6-10-17(11-7-14)21(3)19(15(2)27(5)20(25)26-21)16-8-12-18(13-9-16)22(4,23)24/h6-13,19H,2H2,1,3-5H3,(H2,25,26)/t19-,21+/m0/s1. The third-order valence-electron chi connectivity index (χ3n) is 5.46. The maximum atomic E-state index is 13.6. The van der Waals surface area contributed by atoms with Crippen LogP contribution < -0.4 is 5.32 Å². The summed E-state index contributed by atoms with van der Waals surface area (Å²) in [5.41, 5.74) is 3.15. The molecule has 2 atom stereocenters. The zero-order valence-electron chi connectivity index (χ0n) is 16.1. The topological polar surface area (TPSA) is 39.1 Å². The molecule has 0 saturated carbocycles. The van der Waals surface area contributed by atoms with Gasteiger partial charge >= 0.3 is 0 Å². The largest absolute Gasteiger partial charge is 0.346 e. The molecule has 3 rings (SSSR count). The number of aryl methyl sites for hydroxylation is 1. The van der Waals surface area contributed by atoms with Crippen LogP contribution in [0.2, 0.25) is 0 Å². The Morgan fingerprint density at radius 2 is 1.67 bits per heavy atom. The zero-order chi connectivity index (χ0) is 20.0. The molecule has 5 heteroatoms. The number of hydrogen-bond acceptors (Lipinski definition) is 1. The molecule has 2 aromatic carbocycles. The lowest BCUT2D eigenvalue weighted by Crippen LogP contribution is -2.58. The van der Waals surface area contributed by atoms with Crippen molar-refractivity contribution in [3.05, 3.63) is 83.1 Å².